The van der Waals surface area contributed by atoms with E-state index in [0.29, 0.717) is 11.8 Å². The molecule has 0 heterocycles. The van der Waals surface area contributed by atoms with Gasteiger partial charge in [0.15, 0.2) is 0 Å². The normalized spacial score (nSPS) is 11.2. The van der Waals surface area contributed by atoms with Crippen LogP contribution < -0.4 is 0 Å². The summed E-state index contributed by atoms with van der Waals surface area (Å²) in [5.74, 6) is 0. The molecule has 2 rings (SSSR count). The molecule has 92 valence electrons. The molecule has 0 aliphatic carbocycles. The molecular weight excluding hydrogens is 276 g/mol. The summed E-state index contributed by atoms with van der Waals surface area (Å²) in [6.45, 7) is 2.09. The fourth-order valence-corrected chi connectivity index (χ4v) is 2.88. The molecule has 3 nitrogen and oxygen atoms in total. The number of benzene rings is 2. The predicted molar refractivity (Wildman–Crippen MR) is 73.1 cm³/mol. The standard InChI is InChI=1S/C13H14O3S.Ca/c1-2-10-16-17(14,15)13-9-5-7-11-6-3-4-8-12(11)13;/h3-9H,2,10H2,1H3;. The Morgan fingerprint density at radius 1 is 1.06 bits per heavy atom. The first kappa shape index (κ1) is 15.9. The van der Waals surface area contributed by atoms with Crippen LogP contribution >= 0.6 is 0 Å². The van der Waals surface area contributed by atoms with Gasteiger partial charge in [0.25, 0.3) is 10.1 Å². The van der Waals surface area contributed by atoms with Crippen LogP contribution in [0.25, 0.3) is 10.8 Å². The van der Waals surface area contributed by atoms with Gasteiger partial charge in [0.05, 0.1) is 6.61 Å². The largest absolute Gasteiger partial charge is 0.297 e. The van der Waals surface area contributed by atoms with Gasteiger partial charge in [0, 0.05) is 43.1 Å². The number of fused-ring (bicyclic) bond motifs is 1. The van der Waals surface area contributed by atoms with Gasteiger partial charge < -0.3 is 0 Å². The van der Waals surface area contributed by atoms with Crippen LogP contribution in [0.5, 0.6) is 0 Å². The zero-order chi connectivity index (χ0) is 12.3. The van der Waals surface area contributed by atoms with Crippen molar-refractivity contribution in [3.63, 3.8) is 0 Å². The molecule has 0 unspecified atom stereocenters. The van der Waals surface area contributed by atoms with Gasteiger partial charge in [-0.1, -0.05) is 43.3 Å². The summed E-state index contributed by atoms with van der Waals surface area (Å²) < 4.78 is 28.9. The maximum Gasteiger partial charge on any atom is 0.297 e. The fraction of sp³-hybridized carbons (Fsp3) is 0.231. The third-order valence-electron chi connectivity index (χ3n) is 2.46. The minimum atomic E-state index is -3.65. The summed E-state index contributed by atoms with van der Waals surface area (Å²) in [7, 11) is -3.65. The van der Waals surface area contributed by atoms with Gasteiger partial charge in [-0.15, -0.1) is 0 Å². The van der Waals surface area contributed by atoms with Crippen molar-refractivity contribution in [2.75, 3.05) is 6.61 Å². The maximum atomic E-state index is 12.0. The zero-order valence-corrected chi connectivity index (χ0v) is 13.3. The van der Waals surface area contributed by atoms with Crippen molar-refractivity contribution in [3.8, 4) is 0 Å². The van der Waals surface area contributed by atoms with Gasteiger partial charge in [-0.2, -0.15) is 8.42 Å². The van der Waals surface area contributed by atoms with E-state index in [4.69, 9.17) is 4.18 Å². The van der Waals surface area contributed by atoms with Crippen molar-refractivity contribution in [1.82, 2.24) is 0 Å². The summed E-state index contributed by atoms with van der Waals surface area (Å²) in [4.78, 5) is 0.240. The van der Waals surface area contributed by atoms with E-state index in [1.165, 1.54) is 0 Å². The molecule has 0 aromatic heterocycles. The van der Waals surface area contributed by atoms with Gasteiger partial charge >= 0.3 is 0 Å². The summed E-state index contributed by atoms with van der Waals surface area (Å²) in [5.41, 5.74) is 0. The Bertz CT molecular complexity index is 618. The van der Waals surface area contributed by atoms with E-state index in [2.05, 4.69) is 0 Å². The van der Waals surface area contributed by atoms with Crippen molar-refractivity contribution in [1.29, 1.82) is 0 Å². The van der Waals surface area contributed by atoms with Crippen LogP contribution in [0.2, 0.25) is 0 Å². The Kier molecular flexibility index (Phi) is 6.08. The second kappa shape index (κ2) is 6.87. The van der Waals surface area contributed by atoms with E-state index >= 15 is 0 Å². The van der Waals surface area contributed by atoms with Gasteiger partial charge in [-0.05, 0) is 17.9 Å². The van der Waals surface area contributed by atoms with E-state index in [-0.39, 0.29) is 49.2 Å². The molecule has 0 atom stereocenters. The average Bonchev–Trinajstić information content (AvgIpc) is 2.36. The molecule has 2 aromatic carbocycles. The smallest absolute Gasteiger partial charge is 0.266 e. The van der Waals surface area contributed by atoms with Crippen LogP contribution in [0, 0.1) is 0 Å². The van der Waals surface area contributed by atoms with Crippen molar-refractivity contribution < 1.29 is 12.6 Å². The SMILES string of the molecule is CCCOS(=O)(=O)c1cccc2ccccc12.[Ca]. The summed E-state index contributed by atoms with van der Waals surface area (Å²) in [6, 6.07) is 12.6. The van der Waals surface area contributed by atoms with Crippen LogP contribution in [0.1, 0.15) is 13.3 Å². The topological polar surface area (TPSA) is 43.4 Å². The molecule has 0 bridgehead atoms. The van der Waals surface area contributed by atoms with Gasteiger partial charge in [0.2, 0.25) is 0 Å². The van der Waals surface area contributed by atoms with Crippen LogP contribution in [0.3, 0.4) is 0 Å². The first-order valence-electron chi connectivity index (χ1n) is 5.52. The quantitative estimate of drug-likeness (QED) is 0.642. The average molecular weight is 290 g/mol. The number of hydrogen-bond acceptors (Lipinski definition) is 3. The van der Waals surface area contributed by atoms with E-state index in [1.807, 2.05) is 31.2 Å². The molecular formula is C13H14CaO3S. The van der Waals surface area contributed by atoms with Crippen molar-refractivity contribution in [2.24, 2.45) is 0 Å². The van der Waals surface area contributed by atoms with Crippen molar-refractivity contribution in [3.05, 3.63) is 42.5 Å². The first-order valence-corrected chi connectivity index (χ1v) is 6.93. The molecule has 0 saturated heterocycles. The van der Waals surface area contributed by atoms with Gasteiger partial charge in [-0.25, -0.2) is 0 Å². The molecule has 0 N–H and O–H groups in total. The van der Waals surface area contributed by atoms with Crippen molar-refractivity contribution >= 4 is 58.6 Å². The molecule has 0 amide bonds. The van der Waals surface area contributed by atoms with Gasteiger partial charge in [-0.3, -0.25) is 4.18 Å². The molecule has 2 aromatic rings. The second-order valence-electron chi connectivity index (χ2n) is 3.75. The Balaban J connectivity index is 0.00000162. The van der Waals surface area contributed by atoms with Gasteiger partial charge in [0.1, 0.15) is 4.90 Å². The van der Waals surface area contributed by atoms with Crippen molar-refractivity contribution in [2.45, 2.75) is 18.2 Å². The molecule has 2 radical (unpaired) electrons. The molecule has 0 fully saturated rings. The van der Waals surface area contributed by atoms with Crippen LogP contribution in [-0.4, -0.2) is 52.8 Å². The second-order valence-corrected chi connectivity index (χ2v) is 5.34. The molecule has 18 heavy (non-hydrogen) atoms. The Labute approximate surface area is 137 Å². The summed E-state index contributed by atoms with van der Waals surface area (Å²) >= 11 is 0. The van der Waals surface area contributed by atoms with Crippen LogP contribution in [0.15, 0.2) is 47.4 Å². The molecule has 0 spiro atoms. The van der Waals surface area contributed by atoms with E-state index in [0.717, 1.165) is 5.39 Å². The molecule has 0 aliphatic heterocycles. The molecule has 5 heteroatoms. The minimum absolute atomic E-state index is 0. The van der Waals surface area contributed by atoms with E-state index in [9.17, 15) is 8.42 Å². The first-order chi connectivity index (χ1) is 8.15. The predicted octanol–water partition coefficient (Wildman–Crippen LogP) is 2.57. The zero-order valence-electron chi connectivity index (χ0n) is 10.3. The Morgan fingerprint density at radius 2 is 1.72 bits per heavy atom. The third-order valence-corrected chi connectivity index (χ3v) is 3.83. The minimum Gasteiger partial charge on any atom is -0.266 e. The Hall–Kier alpha value is -0.130. The van der Waals surface area contributed by atoms with Crippen LogP contribution in [0.4, 0.5) is 0 Å². The van der Waals surface area contributed by atoms with E-state index in [1.54, 1.807) is 18.2 Å². The number of rotatable bonds is 4. The fourth-order valence-electron chi connectivity index (χ4n) is 1.67. The molecule has 0 aliphatic rings. The number of hydrogen-bond donors (Lipinski definition) is 0. The maximum absolute atomic E-state index is 12.0. The molecule has 0 saturated carbocycles. The third kappa shape index (κ3) is 3.45. The van der Waals surface area contributed by atoms with Crippen LogP contribution in [-0.2, 0) is 14.3 Å². The summed E-state index contributed by atoms with van der Waals surface area (Å²) in [5, 5.41) is 1.60. The monoisotopic (exact) mass is 290 g/mol. The Morgan fingerprint density at radius 3 is 2.44 bits per heavy atom. The summed E-state index contributed by atoms with van der Waals surface area (Å²) in [6.07, 6.45) is 0.671. The van der Waals surface area contributed by atoms with E-state index < -0.39 is 10.1 Å².